The van der Waals surface area contributed by atoms with Gasteiger partial charge in [-0.25, -0.2) is 14.8 Å². The number of nitrogens with zero attached hydrogens (tertiary/aromatic N) is 5. The van der Waals surface area contributed by atoms with Crippen LogP contribution in [0.15, 0.2) is 122 Å². The highest BCUT2D eigenvalue weighted by Crippen LogP contribution is 2.65. The van der Waals surface area contributed by atoms with Crippen LogP contribution in [0.25, 0.3) is 0 Å². The number of rotatable bonds is 9. The van der Waals surface area contributed by atoms with Gasteiger partial charge in [-0.1, -0.05) is 84.6 Å². The molecule has 4 aliphatic rings. The lowest BCUT2D eigenvalue weighted by molar-refractivity contribution is -0.179. The molecule has 4 amide bonds. The van der Waals surface area contributed by atoms with Gasteiger partial charge in [-0.2, -0.15) is 0 Å². The van der Waals surface area contributed by atoms with Crippen LogP contribution in [0.1, 0.15) is 46.0 Å². The number of nitrogens with one attached hydrogen (secondary N) is 2. The van der Waals surface area contributed by atoms with Crippen molar-refractivity contribution in [1.82, 2.24) is 25.1 Å². The number of amides is 4. The quantitative estimate of drug-likeness (QED) is 0.126. The van der Waals surface area contributed by atoms with Gasteiger partial charge in [-0.3, -0.25) is 19.3 Å². The molecule has 3 saturated heterocycles. The standard InChI is InChI=1S/C47H44N8O7/c48-45(60)49-20-7-9-30-14-19-36-35(29-30)47(44(59)52-36)37(42(57)53-23-25-54(26-24-53)46-50-21-8-22-51-46)39-43(58)62-40(32-12-5-2-6-13-32)38(31-10-3-1-4-11-31)55(39)41(47)33-15-17-34(18-16-33)61-28-27-56/h1-6,8,10-19,21-22,29,37-41,56H,20,23-28H2,(H,52,59)(H3,48,49,60). The van der Waals surface area contributed by atoms with Gasteiger partial charge in [0.1, 0.15) is 29.9 Å². The first-order valence-electron chi connectivity index (χ1n) is 20.5. The smallest absolute Gasteiger partial charge is 0.324 e. The molecule has 314 valence electrons. The maximum absolute atomic E-state index is 15.8. The number of nitrogens with two attached hydrogens (primary N) is 1. The van der Waals surface area contributed by atoms with E-state index >= 15 is 14.4 Å². The SMILES string of the molecule is NC(=O)NCC#Cc1ccc2c(c1)C1(C(=O)N2)C(C(=O)N2CCN(c3ncccn3)CC2)C2C(=O)OC(c3ccccc3)C(c3ccccc3)N2C1c1ccc(OCCO)cc1. The summed E-state index contributed by atoms with van der Waals surface area (Å²) >= 11 is 0. The van der Waals surface area contributed by atoms with Crippen LogP contribution < -0.4 is 26.0 Å². The van der Waals surface area contributed by atoms with E-state index in [0.29, 0.717) is 47.2 Å². The number of morpholine rings is 1. The molecule has 5 N–H and O–H groups in total. The van der Waals surface area contributed by atoms with E-state index < -0.39 is 53.5 Å². The zero-order chi connectivity index (χ0) is 42.8. The first-order valence-corrected chi connectivity index (χ1v) is 20.5. The minimum Gasteiger partial charge on any atom is -0.491 e. The fourth-order valence-electron chi connectivity index (χ4n) is 9.62. The summed E-state index contributed by atoms with van der Waals surface area (Å²) in [7, 11) is 0. The highest BCUT2D eigenvalue weighted by atomic mass is 16.6. The molecule has 0 saturated carbocycles. The van der Waals surface area contributed by atoms with Crippen LogP contribution in [0.4, 0.5) is 16.4 Å². The Labute approximate surface area is 357 Å². The Morgan fingerprint density at radius 3 is 2.24 bits per heavy atom. The molecule has 6 atom stereocenters. The predicted octanol–water partition coefficient (Wildman–Crippen LogP) is 3.49. The number of benzene rings is 4. The zero-order valence-electron chi connectivity index (χ0n) is 33.6. The second kappa shape index (κ2) is 17.0. The number of piperazine rings is 1. The van der Waals surface area contributed by atoms with E-state index in [2.05, 4.69) is 32.4 Å². The number of ether oxygens (including phenoxy) is 2. The molecule has 1 aromatic heterocycles. The number of esters is 1. The number of aliphatic hydroxyl groups excluding tert-OH is 1. The van der Waals surface area contributed by atoms with E-state index in [1.165, 1.54) is 0 Å². The number of primary amides is 1. The third-order valence-electron chi connectivity index (χ3n) is 12.1. The Balaban J connectivity index is 1.26. The van der Waals surface area contributed by atoms with Gasteiger partial charge in [-0.05, 0) is 58.7 Å². The third-order valence-corrected chi connectivity index (χ3v) is 12.1. The van der Waals surface area contributed by atoms with Crippen molar-refractivity contribution >= 4 is 35.5 Å². The molecular formula is C47H44N8O7. The molecule has 1 spiro atoms. The number of carbonyl (C=O) groups excluding carboxylic acids is 4. The van der Waals surface area contributed by atoms with E-state index in [0.717, 1.165) is 11.1 Å². The largest absolute Gasteiger partial charge is 0.491 e. The molecule has 6 unspecified atom stereocenters. The molecule has 9 rings (SSSR count). The van der Waals surface area contributed by atoms with Gasteiger partial charge >= 0.3 is 12.0 Å². The number of urea groups is 1. The van der Waals surface area contributed by atoms with Gasteiger partial charge in [0.05, 0.1) is 31.2 Å². The summed E-state index contributed by atoms with van der Waals surface area (Å²) in [6.07, 6.45) is 2.52. The third kappa shape index (κ3) is 7.12. The van der Waals surface area contributed by atoms with Crippen molar-refractivity contribution in [2.45, 2.75) is 29.6 Å². The summed E-state index contributed by atoms with van der Waals surface area (Å²) in [5.41, 5.74) is 7.31. The van der Waals surface area contributed by atoms with Gasteiger partial charge in [0.2, 0.25) is 17.8 Å². The second-order valence-electron chi connectivity index (χ2n) is 15.5. The summed E-state index contributed by atoms with van der Waals surface area (Å²) in [6.45, 7) is 1.32. The van der Waals surface area contributed by atoms with E-state index in [-0.39, 0.29) is 38.8 Å². The Morgan fingerprint density at radius 2 is 1.56 bits per heavy atom. The number of fused-ring (bicyclic) bond motifs is 3. The molecule has 0 radical (unpaired) electrons. The molecule has 0 aliphatic carbocycles. The van der Waals surface area contributed by atoms with Crippen molar-refractivity contribution in [3.63, 3.8) is 0 Å². The van der Waals surface area contributed by atoms with Crippen LogP contribution in [0.2, 0.25) is 0 Å². The number of hydrogen-bond donors (Lipinski definition) is 4. The Kier molecular flexibility index (Phi) is 11.0. The first kappa shape index (κ1) is 40.1. The van der Waals surface area contributed by atoms with Gasteiger partial charge < -0.3 is 40.7 Å². The van der Waals surface area contributed by atoms with Crippen LogP contribution in [0.3, 0.4) is 0 Å². The van der Waals surface area contributed by atoms with E-state index in [9.17, 15) is 9.90 Å². The number of hydrogen-bond acceptors (Lipinski definition) is 11. The lowest BCUT2D eigenvalue weighted by Crippen LogP contribution is -2.58. The lowest BCUT2D eigenvalue weighted by Gasteiger charge is -2.46. The average molecular weight is 833 g/mol. The van der Waals surface area contributed by atoms with Crippen LogP contribution in [-0.2, 0) is 24.5 Å². The minimum absolute atomic E-state index is 0.00942. The monoisotopic (exact) mass is 832 g/mol. The van der Waals surface area contributed by atoms with Crippen molar-refractivity contribution in [2.75, 3.05) is 56.2 Å². The molecule has 0 bridgehead atoms. The Morgan fingerprint density at radius 1 is 0.871 bits per heavy atom. The summed E-state index contributed by atoms with van der Waals surface area (Å²) in [5, 5.41) is 15.1. The number of aromatic nitrogens is 2. The maximum Gasteiger partial charge on any atom is 0.324 e. The van der Waals surface area contributed by atoms with Crippen molar-refractivity contribution < 1.29 is 33.8 Å². The van der Waals surface area contributed by atoms with Crippen LogP contribution in [0.5, 0.6) is 5.75 Å². The number of anilines is 2. The average Bonchev–Trinajstić information content (AvgIpc) is 3.79. The molecular weight excluding hydrogens is 789 g/mol. The molecule has 3 fully saturated rings. The van der Waals surface area contributed by atoms with Crippen molar-refractivity contribution in [3.05, 3.63) is 149 Å². The number of cyclic esters (lactones) is 1. The molecule has 5 aromatic rings. The van der Waals surface area contributed by atoms with Crippen LogP contribution >= 0.6 is 0 Å². The summed E-state index contributed by atoms with van der Waals surface area (Å²) in [5.74, 6) is 4.32. The van der Waals surface area contributed by atoms with Crippen molar-refractivity contribution in [3.8, 4) is 17.6 Å². The maximum atomic E-state index is 15.8. The highest BCUT2D eigenvalue weighted by molar-refractivity contribution is 6.12. The van der Waals surface area contributed by atoms with Gasteiger partial charge in [-0.15, -0.1) is 0 Å². The molecule has 5 heterocycles. The van der Waals surface area contributed by atoms with Crippen molar-refractivity contribution in [2.24, 2.45) is 11.7 Å². The van der Waals surface area contributed by atoms with E-state index in [4.69, 9.17) is 15.2 Å². The molecule has 15 heteroatoms. The topological polar surface area (TPSA) is 193 Å². The zero-order valence-corrected chi connectivity index (χ0v) is 33.6. The van der Waals surface area contributed by atoms with Gasteiger partial charge in [0.15, 0.2) is 0 Å². The first-order chi connectivity index (χ1) is 30.3. The van der Waals surface area contributed by atoms with Crippen molar-refractivity contribution in [1.29, 1.82) is 0 Å². The predicted molar refractivity (Wildman–Crippen MR) is 227 cm³/mol. The Hall–Kier alpha value is -7.28. The fraction of sp³-hybridized carbons (Fsp3) is 0.277. The summed E-state index contributed by atoms with van der Waals surface area (Å²) in [4.78, 5) is 72.5. The number of aliphatic hydroxyl groups is 1. The van der Waals surface area contributed by atoms with E-state index in [1.54, 1.807) is 53.7 Å². The minimum atomic E-state index is -1.72. The summed E-state index contributed by atoms with van der Waals surface area (Å²) < 4.78 is 12.3. The normalized spacial score (nSPS) is 24.0. The van der Waals surface area contributed by atoms with Crippen LogP contribution in [-0.4, -0.2) is 101 Å². The van der Waals surface area contributed by atoms with Gasteiger partial charge in [0, 0.05) is 49.8 Å². The van der Waals surface area contributed by atoms with Gasteiger partial charge in [0.25, 0.3) is 0 Å². The molecule has 4 aromatic carbocycles. The fourth-order valence-corrected chi connectivity index (χ4v) is 9.62. The number of carbonyl (C=O) groups is 4. The lowest BCUT2D eigenvalue weighted by atomic mass is 9.65. The molecule has 62 heavy (non-hydrogen) atoms. The molecule has 15 nitrogen and oxygen atoms in total. The summed E-state index contributed by atoms with van der Waals surface area (Å²) in [6, 6.07) is 30.0. The van der Waals surface area contributed by atoms with Crippen LogP contribution in [0, 0.1) is 17.8 Å². The van der Waals surface area contributed by atoms with E-state index in [1.807, 2.05) is 82.6 Å². The second-order valence-corrected chi connectivity index (χ2v) is 15.5. The molecule has 4 aliphatic heterocycles. The highest BCUT2D eigenvalue weighted by Gasteiger charge is 2.74. The Bertz CT molecular complexity index is 2530.